The highest BCUT2D eigenvalue weighted by Crippen LogP contribution is 2.29. The highest BCUT2D eigenvalue weighted by molar-refractivity contribution is 5.83. The largest absolute Gasteiger partial charge is 0.376 e. The number of benzene rings is 1. The van der Waals surface area contributed by atoms with Crippen molar-refractivity contribution >= 4 is 10.9 Å². The second-order valence-corrected chi connectivity index (χ2v) is 9.32. The van der Waals surface area contributed by atoms with Crippen molar-refractivity contribution in [3.63, 3.8) is 0 Å². The van der Waals surface area contributed by atoms with Crippen molar-refractivity contribution in [1.29, 1.82) is 0 Å². The number of tetrazole rings is 1. The minimum absolute atomic E-state index is 0.0814. The van der Waals surface area contributed by atoms with Gasteiger partial charge >= 0.3 is 0 Å². The first kappa shape index (κ1) is 22.2. The van der Waals surface area contributed by atoms with Gasteiger partial charge in [0.25, 0.3) is 5.56 Å². The average molecular weight is 452 g/mol. The summed E-state index contributed by atoms with van der Waals surface area (Å²) in [6, 6.07) is 5.92. The van der Waals surface area contributed by atoms with Gasteiger partial charge in [-0.25, -0.2) is 4.68 Å². The Kier molecular flexibility index (Phi) is 6.27. The van der Waals surface area contributed by atoms with Crippen LogP contribution < -0.4 is 5.56 Å². The van der Waals surface area contributed by atoms with Gasteiger partial charge in [-0.2, -0.15) is 0 Å². The molecule has 2 fully saturated rings. The fraction of sp³-hybridized carbons (Fsp3) is 0.583. The molecular formula is C24H33N7O2. The molecule has 4 heterocycles. The quantitative estimate of drug-likeness (QED) is 0.613. The molecule has 2 unspecified atom stereocenters. The number of rotatable bonds is 6. The van der Waals surface area contributed by atoms with Crippen LogP contribution in [-0.4, -0.2) is 80.4 Å². The molecule has 33 heavy (non-hydrogen) atoms. The number of pyridine rings is 1. The zero-order valence-electron chi connectivity index (χ0n) is 19.8. The molecule has 2 aliphatic rings. The van der Waals surface area contributed by atoms with E-state index in [9.17, 15) is 4.79 Å². The maximum Gasteiger partial charge on any atom is 0.253 e. The summed E-state index contributed by atoms with van der Waals surface area (Å²) >= 11 is 0. The smallest absolute Gasteiger partial charge is 0.253 e. The molecule has 0 radical (unpaired) electrons. The summed E-state index contributed by atoms with van der Waals surface area (Å²) in [6.07, 6.45) is 2.19. The number of nitrogens with zero attached hydrogens (tertiary/aromatic N) is 6. The van der Waals surface area contributed by atoms with Crippen LogP contribution in [0.2, 0.25) is 0 Å². The molecule has 0 amide bonds. The Morgan fingerprint density at radius 2 is 2.00 bits per heavy atom. The van der Waals surface area contributed by atoms with Gasteiger partial charge in [0.1, 0.15) is 6.04 Å². The number of hydrogen-bond donors (Lipinski definition) is 1. The van der Waals surface area contributed by atoms with Gasteiger partial charge in [-0.3, -0.25) is 9.69 Å². The Morgan fingerprint density at radius 3 is 2.73 bits per heavy atom. The SMILES string of the molecule is CCN1CCN(C(c2cc3c(C)cc(C)cc3[nH]c2=O)c2nnnn2CC2CCCO2)CC1. The lowest BCUT2D eigenvalue weighted by Gasteiger charge is -2.38. The molecular weight excluding hydrogens is 418 g/mol. The van der Waals surface area contributed by atoms with Crippen molar-refractivity contribution in [2.45, 2.75) is 52.3 Å². The highest BCUT2D eigenvalue weighted by atomic mass is 16.5. The molecule has 3 aromatic rings. The van der Waals surface area contributed by atoms with Gasteiger partial charge in [-0.15, -0.1) is 5.10 Å². The Morgan fingerprint density at radius 1 is 1.18 bits per heavy atom. The summed E-state index contributed by atoms with van der Waals surface area (Å²) in [5.41, 5.74) is 3.77. The van der Waals surface area contributed by atoms with E-state index in [1.807, 2.05) is 23.7 Å². The summed E-state index contributed by atoms with van der Waals surface area (Å²) in [7, 11) is 0. The molecule has 2 atom stereocenters. The number of aryl methyl sites for hydroxylation is 2. The minimum atomic E-state index is -0.311. The number of hydrogen-bond acceptors (Lipinski definition) is 7. The molecule has 0 saturated carbocycles. The third-order valence-electron chi connectivity index (χ3n) is 7.06. The second kappa shape index (κ2) is 9.32. The van der Waals surface area contributed by atoms with Crippen LogP contribution in [0.15, 0.2) is 23.0 Å². The Hall–Kier alpha value is -2.62. The third-order valence-corrected chi connectivity index (χ3v) is 7.06. The first-order valence-electron chi connectivity index (χ1n) is 12.0. The number of aromatic amines is 1. The first-order chi connectivity index (χ1) is 16.0. The number of nitrogens with one attached hydrogen (secondary N) is 1. The maximum absolute atomic E-state index is 13.4. The lowest BCUT2D eigenvalue weighted by atomic mass is 9.99. The summed E-state index contributed by atoms with van der Waals surface area (Å²) in [4.78, 5) is 21.3. The minimum Gasteiger partial charge on any atom is -0.376 e. The average Bonchev–Trinajstić information content (AvgIpc) is 3.48. The Bertz CT molecular complexity index is 1170. The number of aromatic nitrogens is 5. The van der Waals surface area contributed by atoms with Crippen molar-refractivity contribution in [3.05, 3.63) is 51.1 Å². The van der Waals surface area contributed by atoms with Crippen LogP contribution in [-0.2, 0) is 11.3 Å². The van der Waals surface area contributed by atoms with Gasteiger partial charge in [-0.1, -0.05) is 13.0 Å². The van der Waals surface area contributed by atoms with Gasteiger partial charge in [-0.05, 0) is 66.9 Å². The van der Waals surface area contributed by atoms with E-state index >= 15 is 0 Å². The fourth-order valence-electron chi connectivity index (χ4n) is 5.25. The van der Waals surface area contributed by atoms with Crippen molar-refractivity contribution in [1.82, 2.24) is 35.0 Å². The molecule has 2 saturated heterocycles. The van der Waals surface area contributed by atoms with E-state index < -0.39 is 0 Å². The Balaban J connectivity index is 1.59. The van der Waals surface area contributed by atoms with Crippen molar-refractivity contribution in [2.24, 2.45) is 0 Å². The van der Waals surface area contributed by atoms with Crippen molar-refractivity contribution in [3.8, 4) is 0 Å². The molecule has 5 rings (SSSR count). The number of fused-ring (bicyclic) bond motifs is 1. The van der Waals surface area contributed by atoms with Crippen LogP contribution in [0, 0.1) is 13.8 Å². The lowest BCUT2D eigenvalue weighted by molar-refractivity contribution is 0.0860. The van der Waals surface area contributed by atoms with Gasteiger partial charge < -0.3 is 14.6 Å². The monoisotopic (exact) mass is 451 g/mol. The van der Waals surface area contributed by atoms with E-state index in [0.29, 0.717) is 17.9 Å². The van der Waals surface area contributed by atoms with E-state index in [1.165, 1.54) is 0 Å². The second-order valence-electron chi connectivity index (χ2n) is 9.32. The first-order valence-corrected chi connectivity index (χ1v) is 12.0. The predicted molar refractivity (Wildman–Crippen MR) is 126 cm³/mol. The van der Waals surface area contributed by atoms with Crippen molar-refractivity contribution < 1.29 is 4.74 Å². The van der Waals surface area contributed by atoms with E-state index in [2.05, 4.69) is 50.2 Å². The summed E-state index contributed by atoms with van der Waals surface area (Å²) in [6.45, 7) is 12.4. The molecule has 1 N–H and O–H groups in total. The van der Waals surface area contributed by atoms with E-state index in [1.54, 1.807) is 0 Å². The summed E-state index contributed by atoms with van der Waals surface area (Å²) < 4.78 is 7.69. The van der Waals surface area contributed by atoms with E-state index in [-0.39, 0.29) is 17.7 Å². The third kappa shape index (κ3) is 4.45. The molecule has 176 valence electrons. The normalized spacial score (nSPS) is 21.1. The van der Waals surface area contributed by atoms with Crippen LogP contribution in [0.25, 0.3) is 10.9 Å². The number of ether oxygens (including phenoxy) is 1. The number of likely N-dealkylation sites (N-methyl/N-ethyl adjacent to an activating group) is 1. The molecule has 0 bridgehead atoms. The molecule has 2 aliphatic heterocycles. The molecule has 9 nitrogen and oxygen atoms in total. The topological polar surface area (TPSA) is 92.2 Å². The standard InChI is InChI=1S/C24H33N7O2/c1-4-29-7-9-30(10-8-29)22(23-26-27-28-31(23)15-18-6-5-11-33-18)20-14-19-17(3)12-16(2)13-21(19)25-24(20)32/h12-14,18,22H,4-11,15H2,1-3H3,(H,25,32). The van der Waals surface area contributed by atoms with Crippen LogP contribution >= 0.6 is 0 Å². The molecule has 0 spiro atoms. The van der Waals surface area contributed by atoms with Crippen LogP contribution in [0.3, 0.4) is 0 Å². The van der Waals surface area contributed by atoms with Gasteiger partial charge in [0.2, 0.25) is 0 Å². The van der Waals surface area contributed by atoms with Crippen LogP contribution in [0.4, 0.5) is 0 Å². The van der Waals surface area contributed by atoms with Gasteiger partial charge in [0.05, 0.1) is 12.6 Å². The number of H-pyrrole nitrogens is 1. The summed E-state index contributed by atoms with van der Waals surface area (Å²) in [5.74, 6) is 0.713. The predicted octanol–water partition coefficient (Wildman–Crippen LogP) is 2.04. The van der Waals surface area contributed by atoms with Crippen molar-refractivity contribution in [2.75, 3.05) is 39.3 Å². The maximum atomic E-state index is 13.4. The number of piperazine rings is 1. The van der Waals surface area contributed by atoms with E-state index in [4.69, 9.17) is 4.74 Å². The van der Waals surface area contributed by atoms with Crippen LogP contribution in [0.1, 0.15) is 48.3 Å². The fourth-order valence-corrected chi connectivity index (χ4v) is 5.25. The molecule has 0 aliphatic carbocycles. The zero-order valence-corrected chi connectivity index (χ0v) is 19.8. The van der Waals surface area contributed by atoms with Crippen LogP contribution in [0.5, 0.6) is 0 Å². The molecule has 2 aromatic heterocycles. The van der Waals surface area contributed by atoms with E-state index in [0.717, 1.165) is 74.2 Å². The Labute approximate surface area is 193 Å². The highest BCUT2D eigenvalue weighted by Gasteiger charge is 2.33. The molecule has 1 aromatic carbocycles. The lowest BCUT2D eigenvalue weighted by Crippen LogP contribution is -2.49. The summed E-state index contributed by atoms with van der Waals surface area (Å²) in [5, 5.41) is 13.8. The van der Waals surface area contributed by atoms with Gasteiger partial charge in [0.15, 0.2) is 5.82 Å². The van der Waals surface area contributed by atoms with Gasteiger partial charge in [0, 0.05) is 49.3 Å². The zero-order chi connectivity index (χ0) is 22.9. The molecule has 9 heteroatoms.